The number of nitrogens with two attached hydrogens (primary N) is 1. The van der Waals surface area contributed by atoms with E-state index < -0.39 is 0 Å². The van der Waals surface area contributed by atoms with Crippen molar-refractivity contribution in [3.8, 4) is 0 Å². The van der Waals surface area contributed by atoms with Crippen molar-refractivity contribution < 1.29 is 0 Å². The first kappa shape index (κ1) is 14.7. The van der Waals surface area contributed by atoms with Gasteiger partial charge in [0.25, 0.3) is 0 Å². The maximum absolute atomic E-state index is 5.95. The van der Waals surface area contributed by atoms with Gasteiger partial charge in [0.1, 0.15) is 0 Å². The number of anilines is 2. The molecule has 4 heteroatoms. The Morgan fingerprint density at radius 3 is 2.53 bits per heavy atom. The van der Waals surface area contributed by atoms with Crippen molar-refractivity contribution in [2.45, 2.75) is 31.4 Å². The van der Waals surface area contributed by atoms with Crippen LogP contribution in [0.3, 0.4) is 0 Å². The molecule has 0 saturated heterocycles. The zero-order chi connectivity index (χ0) is 12.9. The summed E-state index contributed by atoms with van der Waals surface area (Å²) in [5.41, 5.74) is 7.77. The molecule has 0 aromatic heterocycles. The Balaban J connectivity index is 2.75. The van der Waals surface area contributed by atoms with Crippen molar-refractivity contribution in [2.75, 3.05) is 23.9 Å². The van der Waals surface area contributed by atoms with E-state index in [1.54, 1.807) is 0 Å². The van der Waals surface area contributed by atoms with Crippen molar-refractivity contribution in [2.24, 2.45) is 0 Å². The molecular weight excluding hydrogens is 296 g/mol. The lowest BCUT2D eigenvalue weighted by Crippen LogP contribution is -2.32. The topological polar surface area (TPSA) is 38.0 Å². The van der Waals surface area contributed by atoms with Gasteiger partial charge in [-0.25, -0.2) is 0 Å². The van der Waals surface area contributed by atoms with E-state index in [0.29, 0.717) is 4.75 Å². The van der Waals surface area contributed by atoms with E-state index in [-0.39, 0.29) is 0 Å². The average molecular weight is 317 g/mol. The number of hydrogen-bond donors (Lipinski definition) is 2. The predicted octanol–water partition coefficient (Wildman–Crippen LogP) is 4.37. The summed E-state index contributed by atoms with van der Waals surface area (Å²) in [6.45, 7) is 5.43. The van der Waals surface area contributed by atoms with Crippen LogP contribution in [0.2, 0.25) is 0 Å². The lowest BCUT2D eigenvalue weighted by Gasteiger charge is -2.30. The van der Waals surface area contributed by atoms with Gasteiger partial charge in [0.2, 0.25) is 0 Å². The molecule has 2 nitrogen and oxygen atoms in total. The number of nitrogens with one attached hydrogen (secondary N) is 1. The van der Waals surface area contributed by atoms with Crippen LogP contribution in [0.1, 0.15) is 26.7 Å². The average Bonchev–Trinajstić information content (AvgIpc) is 2.35. The minimum atomic E-state index is 0.300. The summed E-state index contributed by atoms with van der Waals surface area (Å²) in [7, 11) is 0. The zero-order valence-electron chi connectivity index (χ0n) is 10.7. The maximum Gasteiger partial charge on any atom is 0.0585 e. The van der Waals surface area contributed by atoms with E-state index in [1.807, 2.05) is 30.0 Å². The Morgan fingerprint density at radius 1 is 1.35 bits per heavy atom. The van der Waals surface area contributed by atoms with Crippen LogP contribution in [-0.2, 0) is 0 Å². The first-order valence-corrected chi connectivity index (χ1v) is 7.92. The number of hydrogen-bond acceptors (Lipinski definition) is 3. The molecule has 1 rings (SSSR count). The molecule has 1 aromatic rings. The quantitative estimate of drug-likeness (QED) is 0.765. The van der Waals surface area contributed by atoms with E-state index >= 15 is 0 Å². The standard InChI is InChI=1S/C13H21BrN2S/c1-4-13(5-2,17-3)9-16-12-8-10(14)6-7-11(12)15/h6-8,16H,4-5,9,15H2,1-3H3. The second-order valence-corrected chi connectivity index (χ2v) is 6.37. The monoisotopic (exact) mass is 316 g/mol. The summed E-state index contributed by atoms with van der Waals surface area (Å²) in [4.78, 5) is 0. The van der Waals surface area contributed by atoms with Gasteiger partial charge in [0.05, 0.1) is 11.4 Å². The van der Waals surface area contributed by atoms with Gasteiger partial charge in [-0.2, -0.15) is 11.8 Å². The third-order valence-corrected chi connectivity index (χ3v) is 5.42. The van der Waals surface area contributed by atoms with E-state index in [0.717, 1.165) is 35.2 Å². The molecule has 0 aliphatic carbocycles. The fourth-order valence-corrected chi connectivity index (χ4v) is 2.95. The highest BCUT2D eigenvalue weighted by Gasteiger charge is 2.24. The van der Waals surface area contributed by atoms with Gasteiger partial charge in [-0.3, -0.25) is 0 Å². The first-order chi connectivity index (χ1) is 8.06. The SMILES string of the molecule is CCC(CC)(CNc1cc(Br)ccc1N)SC. The van der Waals surface area contributed by atoms with Crippen LogP contribution < -0.4 is 11.1 Å². The van der Waals surface area contributed by atoms with Crippen molar-refractivity contribution in [1.29, 1.82) is 0 Å². The lowest BCUT2D eigenvalue weighted by atomic mass is 10.0. The highest BCUT2D eigenvalue weighted by molar-refractivity contribution is 9.10. The Hall–Kier alpha value is -0.350. The smallest absolute Gasteiger partial charge is 0.0585 e. The molecule has 0 spiro atoms. The highest BCUT2D eigenvalue weighted by Crippen LogP contribution is 2.32. The molecule has 0 unspecified atom stereocenters. The summed E-state index contributed by atoms with van der Waals surface area (Å²) in [5.74, 6) is 0. The minimum Gasteiger partial charge on any atom is -0.397 e. The highest BCUT2D eigenvalue weighted by atomic mass is 79.9. The first-order valence-electron chi connectivity index (χ1n) is 5.91. The third-order valence-electron chi connectivity index (χ3n) is 3.34. The maximum atomic E-state index is 5.95. The van der Waals surface area contributed by atoms with Gasteiger partial charge in [-0.1, -0.05) is 29.8 Å². The van der Waals surface area contributed by atoms with E-state index in [4.69, 9.17) is 5.73 Å². The predicted molar refractivity (Wildman–Crippen MR) is 83.9 cm³/mol. The molecule has 0 radical (unpaired) electrons. The molecule has 0 saturated carbocycles. The van der Waals surface area contributed by atoms with Crippen molar-refractivity contribution >= 4 is 39.1 Å². The normalized spacial score (nSPS) is 11.5. The number of benzene rings is 1. The van der Waals surface area contributed by atoms with Crippen LogP contribution in [0.5, 0.6) is 0 Å². The van der Waals surface area contributed by atoms with Crippen molar-refractivity contribution in [3.63, 3.8) is 0 Å². The Labute approximate surface area is 117 Å². The van der Waals surface area contributed by atoms with Gasteiger partial charge >= 0.3 is 0 Å². The second-order valence-electron chi connectivity index (χ2n) is 4.18. The molecule has 1 aromatic carbocycles. The molecule has 0 aliphatic rings. The molecule has 17 heavy (non-hydrogen) atoms. The summed E-state index contributed by atoms with van der Waals surface area (Å²) in [5, 5.41) is 3.47. The summed E-state index contributed by atoms with van der Waals surface area (Å²) >= 11 is 5.40. The van der Waals surface area contributed by atoms with Crippen LogP contribution in [0.25, 0.3) is 0 Å². The van der Waals surface area contributed by atoms with E-state index in [1.165, 1.54) is 0 Å². The molecule has 0 amide bonds. The van der Waals surface area contributed by atoms with Gasteiger partial charge in [0, 0.05) is 15.8 Å². The third kappa shape index (κ3) is 3.81. The fraction of sp³-hybridized carbons (Fsp3) is 0.538. The lowest BCUT2D eigenvalue weighted by molar-refractivity contribution is 0.575. The van der Waals surface area contributed by atoms with Crippen LogP contribution >= 0.6 is 27.7 Å². The van der Waals surface area contributed by atoms with Gasteiger partial charge < -0.3 is 11.1 Å². The zero-order valence-corrected chi connectivity index (χ0v) is 13.1. The van der Waals surface area contributed by atoms with Gasteiger partial charge in [-0.15, -0.1) is 0 Å². The summed E-state index contributed by atoms with van der Waals surface area (Å²) < 4.78 is 1.35. The van der Waals surface area contributed by atoms with Crippen molar-refractivity contribution in [1.82, 2.24) is 0 Å². The van der Waals surface area contributed by atoms with E-state index in [9.17, 15) is 0 Å². The second kappa shape index (κ2) is 6.55. The molecule has 0 bridgehead atoms. The molecule has 96 valence electrons. The number of thioether (sulfide) groups is 1. The van der Waals surface area contributed by atoms with Gasteiger partial charge in [-0.05, 0) is 37.3 Å². The molecule has 0 aliphatic heterocycles. The number of nitrogen functional groups attached to an aromatic ring is 1. The van der Waals surface area contributed by atoms with Gasteiger partial charge in [0.15, 0.2) is 0 Å². The Morgan fingerprint density at radius 2 is 2.00 bits per heavy atom. The van der Waals surface area contributed by atoms with Crippen LogP contribution in [-0.4, -0.2) is 17.5 Å². The molecule has 0 atom stereocenters. The molecule has 3 N–H and O–H groups in total. The number of halogens is 1. The molecular formula is C13H21BrN2S. The van der Waals surface area contributed by atoms with E-state index in [2.05, 4.69) is 41.3 Å². The number of rotatable bonds is 6. The Bertz CT molecular complexity index is 356. The minimum absolute atomic E-state index is 0.300. The Kier molecular flexibility index (Phi) is 5.67. The largest absolute Gasteiger partial charge is 0.397 e. The summed E-state index contributed by atoms with van der Waals surface area (Å²) in [6, 6.07) is 5.92. The van der Waals surface area contributed by atoms with Crippen molar-refractivity contribution in [3.05, 3.63) is 22.7 Å². The van der Waals surface area contributed by atoms with Crippen LogP contribution in [0.4, 0.5) is 11.4 Å². The van der Waals surface area contributed by atoms with Crippen LogP contribution in [0.15, 0.2) is 22.7 Å². The fourth-order valence-electron chi connectivity index (χ4n) is 1.80. The van der Waals surface area contributed by atoms with Crippen LogP contribution in [0, 0.1) is 0 Å². The molecule has 0 fully saturated rings. The summed E-state index contributed by atoms with van der Waals surface area (Å²) in [6.07, 6.45) is 4.50. The molecule has 0 heterocycles.